The Balaban J connectivity index is 0.00000176. The van der Waals surface area contributed by atoms with Crippen LogP contribution >= 0.6 is 12.4 Å². The standard InChI is InChI=1S/C17H22N2O2.ClH/c1-2-11-21-16-7-3-13(4-8-16)17(20)19-10-9-14-5-6-15(12-19)18-14;/h2-4,7-8,14-15,18H,1,5-6,9-12H2;1H. The fraction of sp³-hybridized carbons (Fsp3) is 0.471. The number of likely N-dealkylation sites (tertiary alicyclic amines) is 1. The molecule has 2 heterocycles. The van der Waals surface area contributed by atoms with Crippen LogP contribution in [0.25, 0.3) is 0 Å². The molecule has 2 atom stereocenters. The highest BCUT2D eigenvalue weighted by Crippen LogP contribution is 2.22. The number of halogens is 1. The molecule has 1 amide bonds. The van der Waals surface area contributed by atoms with E-state index >= 15 is 0 Å². The molecule has 5 heteroatoms. The van der Waals surface area contributed by atoms with Crippen LogP contribution < -0.4 is 10.1 Å². The van der Waals surface area contributed by atoms with E-state index < -0.39 is 0 Å². The highest BCUT2D eigenvalue weighted by molar-refractivity contribution is 5.94. The van der Waals surface area contributed by atoms with Crippen LogP contribution in [0.2, 0.25) is 0 Å². The zero-order chi connectivity index (χ0) is 14.7. The average Bonchev–Trinajstić information content (AvgIpc) is 2.84. The summed E-state index contributed by atoms with van der Waals surface area (Å²) in [5.41, 5.74) is 0.735. The van der Waals surface area contributed by atoms with Gasteiger partial charge in [0.05, 0.1) is 0 Å². The van der Waals surface area contributed by atoms with Crippen LogP contribution in [0.5, 0.6) is 5.75 Å². The Morgan fingerprint density at radius 2 is 2.00 bits per heavy atom. The second-order valence-electron chi connectivity index (χ2n) is 5.80. The average molecular weight is 323 g/mol. The molecule has 2 saturated heterocycles. The molecule has 1 aromatic carbocycles. The van der Waals surface area contributed by atoms with Crippen molar-refractivity contribution in [1.29, 1.82) is 0 Å². The van der Waals surface area contributed by atoms with Crippen molar-refractivity contribution in [3.8, 4) is 5.75 Å². The van der Waals surface area contributed by atoms with Gasteiger partial charge in [-0.25, -0.2) is 0 Å². The van der Waals surface area contributed by atoms with Crippen LogP contribution in [0.4, 0.5) is 0 Å². The molecule has 1 aromatic rings. The first-order valence-corrected chi connectivity index (χ1v) is 7.65. The fourth-order valence-corrected chi connectivity index (χ4v) is 3.16. The molecule has 4 nitrogen and oxygen atoms in total. The van der Waals surface area contributed by atoms with Crippen molar-refractivity contribution in [3.63, 3.8) is 0 Å². The number of amides is 1. The smallest absolute Gasteiger partial charge is 0.253 e. The molecule has 0 radical (unpaired) electrons. The van der Waals surface area contributed by atoms with Gasteiger partial charge in [0.2, 0.25) is 0 Å². The topological polar surface area (TPSA) is 41.6 Å². The van der Waals surface area contributed by atoms with Crippen LogP contribution in [0.3, 0.4) is 0 Å². The Bertz CT molecular complexity index is 518. The predicted octanol–water partition coefficient (Wildman–Crippen LogP) is 2.64. The zero-order valence-corrected chi connectivity index (χ0v) is 13.5. The largest absolute Gasteiger partial charge is 0.490 e. The van der Waals surface area contributed by atoms with Gasteiger partial charge in [0.15, 0.2) is 0 Å². The molecule has 0 aromatic heterocycles. The molecule has 2 unspecified atom stereocenters. The number of hydrogen-bond donors (Lipinski definition) is 1. The van der Waals surface area contributed by atoms with Gasteiger partial charge in [0.1, 0.15) is 12.4 Å². The molecular formula is C17H23ClN2O2. The lowest BCUT2D eigenvalue weighted by molar-refractivity contribution is 0.0748. The van der Waals surface area contributed by atoms with E-state index in [0.29, 0.717) is 18.7 Å². The molecule has 2 fully saturated rings. The van der Waals surface area contributed by atoms with Crippen LogP contribution in [-0.2, 0) is 0 Å². The number of hydrogen-bond acceptors (Lipinski definition) is 3. The van der Waals surface area contributed by atoms with E-state index in [1.165, 1.54) is 12.8 Å². The summed E-state index contributed by atoms with van der Waals surface area (Å²) < 4.78 is 5.44. The molecule has 120 valence electrons. The molecule has 22 heavy (non-hydrogen) atoms. The van der Waals surface area contributed by atoms with Gasteiger partial charge in [0.25, 0.3) is 5.91 Å². The molecule has 2 aliphatic heterocycles. The number of carbonyl (C=O) groups excluding carboxylic acids is 1. The normalized spacial score (nSPS) is 23.4. The predicted molar refractivity (Wildman–Crippen MR) is 89.8 cm³/mol. The lowest BCUT2D eigenvalue weighted by Gasteiger charge is -2.24. The Morgan fingerprint density at radius 1 is 1.27 bits per heavy atom. The van der Waals surface area contributed by atoms with Gasteiger partial charge in [-0.15, -0.1) is 12.4 Å². The highest BCUT2D eigenvalue weighted by atomic mass is 35.5. The molecular weight excluding hydrogens is 300 g/mol. The minimum atomic E-state index is 0. The maximum Gasteiger partial charge on any atom is 0.253 e. The van der Waals surface area contributed by atoms with Crippen molar-refractivity contribution < 1.29 is 9.53 Å². The number of carbonyl (C=O) groups is 1. The maximum absolute atomic E-state index is 12.6. The van der Waals surface area contributed by atoms with Gasteiger partial charge in [0, 0.05) is 30.7 Å². The number of nitrogens with zero attached hydrogens (tertiary/aromatic N) is 1. The molecule has 0 saturated carbocycles. The van der Waals surface area contributed by atoms with E-state index in [-0.39, 0.29) is 18.3 Å². The van der Waals surface area contributed by atoms with Crippen molar-refractivity contribution in [2.75, 3.05) is 19.7 Å². The van der Waals surface area contributed by atoms with Crippen molar-refractivity contribution >= 4 is 18.3 Å². The minimum absolute atomic E-state index is 0. The molecule has 3 rings (SSSR count). The van der Waals surface area contributed by atoms with Crippen LogP contribution in [0, 0.1) is 0 Å². The number of benzene rings is 1. The second-order valence-corrected chi connectivity index (χ2v) is 5.80. The number of ether oxygens (including phenoxy) is 1. The lowest BCUT2D eigenvalue weighted by Crippen LogP contribution is -2.39. The summed E-state index contributed by atoms with van der Waals surface area (Å²) in [6.45, 7) is 5.77. The van der Waals surface area contributed by atoms with Crippen molar-refractivity contribution in [3.05, 3.63) is 42.5 Å². The van der Waals surface area contributed by atoms with E-state index in [0.717, 1.165) is 30.8 Å². The highest BCUT2D eigenvalue weighted by Gasteiger charge is 2.31. The van der Waals surface area contributed by atoms with Crippen molar-refractivity contribution in [1.82, 2.24) is 10.2 Å². The number of nitrogens with one attached hydrogen (secondary N) is 1. The Hall–Kier alpha value is -1.52. The van der Waals surface area contributed by atoms with Crippen molar-refractivity contribution in [2.24, 2.45) is 0 Å². The molecule has 1 N–H and O–H groups in total. The molecule has 0 spiro atoms. The summed E-state index contributed by atoms with van der Waals surface area (Å²) in [4.78, 5) is 14.6. The number of rotatable bonds is 4. The molecule has 2 aliphatic rings. The van der Waals surface area contributed by atoms with E-state index in [2.05, 4.69) is 11.9 Å². The third-order valence-corrected chi connectivity index (χ3v) is 4.28. The monoisotopic (exact) mass is 322 g/mol. The van der Waals surface area contributed by atoms with Crippen LogP contribution in [0.15, 0.2) is 36.9 Å². The van der Waals surface area contributed by atoms with E-state index in [4.69, 9.17) is 4.74 Å². The summed E-state index contributed by atoms with van der Waals surface area (Å²) in [5.74, 6) is 0.891. The first-order chi connectivity index (χ1) is 10.3. The first-order valence-electron chi connectivity index (χ1n) is 7.65. The van der Waals surface area contributed by atoms with Gasteiger partial charge >= 0.3 is 0 Å². The summed E-state index contributed by atoms with van der Waals surface area (Å²) in [7, 11) is 0. The quantitative estimate of drug-likeness (QED) is 0.866. The molecule has 0 aliphatic carbocycles. The summed E-state index contributed by atoms with van der Waals surface area (Å²) in [5, 5.41) is 3.60. The van der Waals surface area contributed by atoms with E-state index in [1.807, 2.05) is 29.2 Å². The summed E-state index contributed by atoms with van der Waals surface area (Å²) >= 11 is 0. The van der Waals surface area contributed by atoms with Gasteiger partial charge in [-0.05, 0) is 43.5 Å². The SMILES string of the molecule is C=CCOc1ccc(C(=O)N2CCC3CCC(C2)N3)cc1.Cl. The van der Waals surface area contributed by atoms with Gasteiger partial charge in [-0.1, -0.05) is 12.7 Å². The van der Waals surface area contributed by atoms with Gasteiger partial charge in [-0.3, -0.25) is 4.79 Å². The Kier molecular flexibility index (Phi) is 5.86. The minimum Gasteiger partial charge on any atom is -0.490 e. The zero-order valence-electron chi connectivity index (χ0n) is 12.7. The lowest BCUT2D eigenvalue weighted by atomic mass is 10.1. The van der Waals surface area contributed by atoms with Gasteiger partial charge in [-0.2, -0.15) is 0 Å². The van der Waals surface area contributed by atoms with E-state index in [1.54, 1.807) is 6.08 Å². The van der Waals surface area contributed by atoms with Crippen molar-refractivity contribution in [2.45, 2.75) is 31.3 Å². The maximum atomic E-state index is 12.6. The van der Waals surface area contributed by atoms with Crippen LogP contribution in [0.1, 0.15) is 29.6 Å². The fourth-order valence-electron chi connectivity index (χ4n) is 3.16. The second kappa shape index (κ2) is 7.65. The third kappa shape index (κ3) is 3.81. The van der Waals surface area contributed by atoms with Crippen LogP contribution in [-0.4, -0.2) is 42.6 Å². The third-order valence-electron chi connectivity index (χ3n) is 4.28. The molecule has 2 bridgehead atoms. The first kappa shape index (κ1) is 16.8. The number of fused-ring (bicyclic) bond motifs is 2. The van der Waals surface area contributed by atoms with Gasteiger partial charge < -0.3 is 15.0 Å². The Morgan fingerprint density at radius 3 is 2.73 bits per heavy atom. The van der Waals surface area contributed by atoms with E-state index in [9.17, 15) is 4.79 Å². The Labute approximate surface area is 137 Å². The summed E-state index contributed by atoms with van der Waals surface area (Å²) in [6.07, 6.45) is 5.20. The summed E-state index contributed by atoms with van der Waals surface area (Å²) in [6, 6.07) is 8.45.